The minimum atomic E-state index is -0.329. The van der Waals surface area contributed by atoms with E-state index in [1.807, 2.05) is 6.92 Å². The Bertz CT molecular complexity index is 477. The van der Waals surface area contributed by atoms with Crippen LogP contribution in [0.25, 0.3) is 0 Å². The molecule has 0 spiro atoms. The number of hydrogen-bond acceptors (Lipinski definition) is 6. The maximum absolute atomic E-state index is 12.1. The maximum atomic E-state index is 12.1. The second kappa shape index (κ2) is 8.14. The fourth-order valence-electron chi connectivity index (χ4n) is 2.56. The summed E-state index contributed by atoms with van der Waals surface area (Å²) in [5, 5.41) is 9.56. The van der Waals surface area contributed by atoms with E-state index in [0.29, 0.717) is 32.1 Å². The Hall–Kier alpha value is -1.60. The van der Waals surface area contributed by atoms with Gasteiger partial charge in [-0.3, -0.25) is 4.90 Å². The number of nitrogens with zero attached hydrogens (tertiary/aromatic N) is 3. The molecule has 1 fully saturated rings. The van der Waals surface area contributed by atoms with E-state index in [1.165, 1.54) is 0 Å². The van der Waals surface area contributed by atoms with Crippen LogP contribution in [0.2, 0.25) is 0 Å². The first kappa shape index (κ1) is 16.8. The summed E-state index contributed by atoms with van der Waals surface area (Å²) in [6.45, 7) is 6.76. The molecule has 7 heteroatoms. The predicted octanol–water partition coefficient (Wildman–Crippen LogP) is 1.40. The number of rotatable bonds is 6. The van der Waals surface area contributed by atoms with Gasteiger partial charge in [-0.25, -0.2) is 9.78 Å². The lowest BCUT2D eigenvalue weighted by molar-refractivity contribution is 0.0232. The van der Waals surface area contributed by atoms with E-state index in [-0.39, 0.29) is 18.7 Å². The van der Waals surface area contributed by atoms with Gasteiger partial charge in [0.15, 0.2) is 5.89 Å². The van der Waals surface area contributed by atoms with Gasteiger partial charge in [-0.05, 0) is 6.42 Å². The molecule has 0 radical (unpaired) electrons. The second-order valence-electron chi connectivity index (χ2n) is 5.59. The molecule has 124 valence electrons. The van der Waals surface area contributed by atoms with Crippen LogP contribution in [0.15, 0.2) is 10.7 Å². The summed E-state index contributed by atoms with van der Waals surface area (Å²) in [5.41, 5.74) is 0.869. The fraction of sp³-hybridized carbons (Fsp3) is 0.733. The van der Waals surface area contributed by atoms with Crippen molar-refractivity contribution in [2.24, 2.45) is 0 Å². The number of piperazine rings is 1. The van der Waals surface area contributed by atoms with E-state index in [9.17, 15) is 9.90 Å². The lowest BCUT2D eigenvalue weighted by atomic mass is 10.2. The van der Waals surface area contributed by atoms with E-state index >= 15 is 0 Å². The number of aryl methyl sites for hydroxylation is 1. The van der Waals surface area contributed by atoms with Gasteiger partial charge in [0.2, 0.25) is 0 Å². The van der Waals surface area contributed by atoms with Crippen molar-refractivity contribution < 1.29 is 19.1 Å². The molecule has 1 aliphatic rings. The Kier molecular flexibility index (Phi) is 6.21. The Morgan fingerprint density at radius 3 is 3.00 bits per heavy atom. The minimum Gasteiger partial charge on any atom is -0.449 e. The zero-order valence-corrected chi connectivity index (χ0v) is 13.3. The third-order valence-electron chi connectivity index (χ3n) is 3.79. The normalized spacial score (nSPS) is 19.4. The summed E-state index contributed by atoms with van der Waals surface area (Å²) in [6.07, 6.45) is 3.17. The van der Waals surface area contributed by atoms with Gasteiger partial charge < -0.3 is 19.2 Å². The summed E-state index contributed by atoms with van der Waals surface area (Å²) in [7, 11) is 0. The number of carbonyl (C=O) groups excluding carboxylic acids is 1. The van der Waals surface area contributed by atoms with Crippen LogP contribution >= 0.6 is 0 Å². The highest BCUT2D eigenvalue weighted by Crippen LogP contribution is 2.14. The number of amides is 1. The topological polar surface area (TPSA) is 79.0 Å². The molecule has 0 aliphatic carbocycles. The van der Waals surface area contributed by atoms with E-state index in [4.69, 9.17) is 9.15 Å². The fourth-order valence-corrected chi connectivity index (χ4v) is 2.56. The molecule has 1 aromatic rings. The highest BCUT2D eigenvalue weighted by atomic mass is 16.6. The van der Waals surface area contributed by atoms with Gasteiger partial charge in [-0.15, -0.1) is 0 Å². The van der Waals surface area contributed by atoms with Crippen LogP contribution < -0.4 is 0 Å². The quantitative estimate of drug-likeness (QED) is 0.800. The lowest BCUT2D eigenvalue weighted by Gasteiger charge is -2.39. The smallest absolute Gasteiger partial charge is 0.410 e. The molecule has 1 amide bonds. The van der Waals surface area contributed by atoms with E-state index in [0.717, 1.165) is 25.1 Å². The number of aliphatic hydroxyl groups excluding tert-OH is 1. The number of oxazole rings is 1. The van der Waals surface area contributed by atoms with Crippen molar-refractivity contribution in [3.8, 4) is 0 Å². The number of aliphatic hydroxyl groups is 1. The molecule has 0 aromatic carbocycles. The highest BCUT2D eigenvalue weighted by Gasteiger charge is 2.31. The van der Waals surface area contributed by atoms with E-state index in [1.54, 1.807) is 11.2 Å². The molecule has 1 unspecified atom stereocenters. The Labute approximate surface area is 130 Å². The summed E-state index contributed by atoms with van der Waals surface area (Å²) < 4.78 is 10.4. The predicted molar refractivity (Wildman–Crippen MR) is 80.4 cm³/mol. The number of carbonyl (C=O) groups is 1. The SMILES string of the molecule is CCCCOC(=O)N1CCN(Cc2coc(C)n2)CC1CO. The second-order valence-corrected chi connectivity index (χ2v) is 5.59. The van der Waals surface area contributed by atoms with E-state index in [2.05, 4.69) is 16.8 Å². The Morgan fingerprint density at radius 2 is 2.36 bits per heavy atom. The van der Waals surface area contributed by atoms with Crippen LogP contribution in [-0.4, -0.2) is 64.9 Å². The zero-order valence-electron chi connectivity index (χ0n) is 13.3. The highest BCUT2D eigenvalue weighted by molar-refractivity contribution is 5.68. The summed E-state index contributed by atoms with van der Waals surface area (Å²) in [5.74, 6) is 0.645. The molecule has 0 bridgehead atoms. The van der Waals surface area contributed by atoms with Crippen molar-refractivity contribution in [2.45, 2.75) is 39.3 Å². The van der Waals surface area contributed by atoms with Gasteiger partial charge >= 0.3 is 6.09 Å². The van der Waals surface area contributed by atoms with Gasteiger partial charge in [0, 0.05) is 33.1 Å². The molecule has 0 saturated carbocycles. The molecule has 1 N–H and O–H groups in total. The number of unbranched alkanes of at least 4 members (excludes halogenated alkanes) is 1. The molecular formula is C15H25N3O4. The van der Waals surface area contributed by atoms with Gasteiger partial charge in [0.05, 0.1) is 24.9 Å². The minimum absolute atomic E-state index is 0.0722. The van der Waals surface area contributed by atoms with Crippen molar-refractivity contribution in [1.29, 1.82) is 0 Å². The molecule has 1 aliphatic heterocycles. The Morgan fingerprint density at radius 1 is 1.55 bits per heavy atom. The molecule has 1 aromatic heterocycles. The first-order valence-electron chi connectivity index (χ1n) is 7.81. The molecule has 7 nitrogen and oxygen atoms in total. The van der Waals surface area contributed by atoms with Crippen LogP contribution in [0.1, 0.15) is 31.4 Å². The molecule has 1 saturated heterocycles. The van der Waals surface area contributed by atoms with Crippen LogP contribution in [0.3, 0.4) is 0 Å². The monoisotopic (exact) mass is 311 g/mol. The van der Waals surface area contributed by atoms with E-state index < -0.39 is 0 Å². The average Bonchev–Trinajstić information content (AvgIpc) is 2.92. The summed E-state index contributed by atoms with van der Waals surface area (Å²) in [4.78, 5) is 20.1. The average molecular weight is 311 g/mol. The third kappa shape index (κ3) is 4.45. The maximum Gasteiger partial charge on any atom is 0.410 e. The first-order valence-corrected chi connectivity index (χ1v) is 7.81. The van der Waals surface area contributed by atoms with Crippen LogP contribution in [0.4, 0.5) is 4.79 Å². The zero-order chi connectivity index (χ0) is 15.9. The van der Waals surface area contributed by atoms with Crippen LogP contribution in [0, 0.1) is 6.92 Å². The van der Waals surface area contributed by atoms with Gasteiger partial charge in [0.25, 0.3) is 0 Å². The van der Waals surface area contributed by atoms with Gasteiger partial charge in [0.1, 0.15) is 6.26 Å². The molecule has 22 heavy (non-hydrogen) atoms. The Balaban J connectivity index is 1.86. The number of aromatic nitrogens is 1. The number of ether oxygens (including phenoxy) is 1. The van der Waals surface area contributed by atoms with Crippen molar-refractivity contribution in [1.82, 2.24) is 14.8 Å². The van der Waals surface area contributed by atoms with Crippen molar-refractivity contribution in [2.75, 3.05) is 32.8 Å². The molecular weight excluding hydrogens is 286 g/mol. The molecule has 2 rings (SSSR count). The van der Waals surface area contributed by atoms with Crippen LogP contribution in [-0.2, 0) is 11.3 Å². The molecule has 1 atom stereocenters. The van der Waals surface area contributed by atoms with Crippen molar-refractivity contribution in [3.63, 3.8) is 0 Å². The van der Waals surface area contributed by atoms with Gasteiger partial charge in [-0.1, -0.05) is 13.3 Å². The lowest BCUT2D eigenvalue weighted by Crippen LogP contribution is -2.56. The van der Waals surface area contributed by atoms with Crippen LogP contribution in [0.5, 0.6) is 0 Å². The third-order valence-corrected chi connectivity index (χ3v) is 3.79. The first-order chi connectivity index (χ1) is 10.6. The van der Waals surface area contributed by atoms with Crippen molar-refractivity contribution >= 4 is 6.09 Å². The summed E-state index contributed by atoms with van der Waals surface area (Å²) in [6, 6.07) is -0.240. The molecule has 2 heterocycles. The standard InChI is InChI=1S/C15H25N3O4/c1-3-4-7-21-15(20)18-6-5-17(9-14(18)10-19)8-13-11-22-12(2)16-13/h11,14,19H,3-10H2,1-2H3. The largest absolute Gasteiger partial charge is 0.449 e. The van der Waals surface area contributed by atoms with Crippen molar-refractivity contribution in [3.05, 3.63) is 17.8 Å². The summed E-state index contributed by atoms with van der Waals surface area (Å²) >= 11 is 0. The number of hydrogen-bond donors (Lipinski definition) is 1. The van der Waals surface area contributed by atoms with Gasteiger partial charge in [-0.2, -0.15) is 0 Å².